The minimum atomic E-state index is -4.86. The summed E-state index contributed by atoms with van der Waals surface area (Å²) in [5.74, 6) is 1.40. The lowest BCUT2D eigenvalue weighted by Crippen LogP contribution is -2.40. The lowest BCUT2D eigenvalue weighted by molar-refractivity contribution is -0.139. The van der Waals surface area contributed by atoms with Crippen LogP contribution in [0.1, 0.15) is 84.8 Å². The second-order valence-electron chi connectivity index (χ2n) is 12.8. The fraction of sp³-hybridized carbons (Fsp3) is 0.333. The number of carboxylic acid groups (broad SMARTS) is 1. The Balaban J connectivity index is 1.83. The Morgan fingerprint density at radius 2 is 1.71 bits per heavy atom. The van der Waals surface area contributed by atoms with Crippen molar-refractivity contribution in [3.63, 3.8) is 0 Å². The Kier molecular flexibility index (Phi) is 12.2. The third-order valence-corrected chi connectivity index (χ3v) is 8.40. The van der Waals surface area contributed by atoms with E-state index in [4.69, 9.17) is 0 Å². The van der Waals surface area contributed by atoms with Crippen molar-refractivity contribution in [3.05, 3.63) is 122 Å². The lowest BCUT2D eigenvalue weighted by Gasteiger charge is -2.27. The predicted octanol–water partition coefficient (Wildman–Crippen LogP) is 7.90. The normalized spacial score (nSPS) is 12.6. The minimum Gasteiger partial charge on any atom is -0.481 e. The van der Waals surface area contributed by atoms with Gasteiger partial charge >= 0.3 is 12.1 Å². The summed E-state index contributed by atoms with van der Waals surface area (Å²) in [7, 11) is 0. The van der Waals surface area contributed by atoms with E-state index in [9.17, 15) is 37.1 Å². The highest BCUT2D eigenvalue weighted by atomic mass is 19.4. The van der Waals surface area contributed by atoms with Gasteiger partial charge in [0.05, 0.1) is 23.6 Å². The Labute approximate surface area is 292 Å². The number of aromatic nitrogens is 2. The van der Waals surface area contributed by atoms with Crippen molar-refractivity contribution < 1.29 is 36.6 Å². The van der Waals surface area contributed by atoms with Crippen molar-refractivity contribution in [1.29, 1.82) is 0 Å². The molecular weight excluding hydrogens is 669 g/mol. The largest absolute Gasteiger partial charge is 0.481 e. The van der Waals surface area contributed by atoms with Crippen molar-refractivity contribution >= 4 is 11.9 Å². The summed E-state index contributed by atoms with van der Waals surface area (Å²) in [6, 6.07) is 8.04. The van der Waals surface area contributed by atoms with E-state index in [0.29, 0.717) is 34.0 Å². The van der Waals surface area contributed by atoms with E-state index >= 15 is 4.39 Å². The standard InChI is InChI=1S/C39H38F5N3O4/c1-6-9-25-17-27(36-23(4)15-28(40)16-24(36)5)18-30(37(25)41)32(20-35(49)50)46-38(51)33(14-22(2)3)47-21-26(11-12-29-10-7-8-13-45-29)31(19-34(47)48)39(42,43)44/h7-8,10,13,15-19,21-22,32-33H,11-12,14,20H2,1-5H3,(H,46,51)(H,49,50)/t32-,33-/m1/s1. The van der Waals surface area contributed by atoms with Crippen LogP contribution in [0.25, 0.3) is 11.1 Å². The van der Waals surface area contributed by atoms with Crippen LogP contribution in [0.4, 0.5) is 22.0 Å². The highest BCUT2D eigenvalue weighted by Gasteiger charge is 2.36. The molecule has 0 bridgehead atoms. The monoisotopic (exact) mass is 707 g/mol. The Bertz CT molecular complexity index is 2020. The Morgan fingerprint density at radius 3 is 2.27 bits per heavy atom. The summed E-state index contributed by atoms with van der Waals surface area (Å²) in [5.41, 5.74) is -0.229. The molecule has 4 rings (SSSR count). The second-order valence-corrected chi connectivity index (χ2v) is 12.8. The van der Waals surface area contributed by atoms with E-state index in [2.05, 4.69) is 22.1 Å². The summed E-state index contributed by atoms with van der Waals surface area (Å²) in [6.45, 7) is 8.31. The molecule has 0 aliphatic heterocycles. The van der Waals surface area contributed by atoms with Crippen molar-refractivity contribution in [2.75, 3.05) is 0 Å². The fourth-order valence-corrected chi connectivity index (χ4v) is 6.22. The van der Waals surface area contributed by atoms with E-state index in [0.717, 1.165) is 10.8 Å². The molecule has 2 aromatic heterocycles. The molecule has 4 aromatic rings. The summed E-state index contributed by atoms with van der Waals surface area (Å²) in [4.78, 5) is 43.7. The van der Waals surface area contributed by atoms with Crippen LogP contribution in [0.15, 0.2) is 65.7 Å². The van der Waals surface area contributed by atoms with E-state index in [1.54, 1.807) is 45.9 Å². The topological polar surface area (TPSA) is 101 Å². The van der Waals surface area contributed by atoms with E-state index in [-0.39, 0.29) is 41.9 Å². The van der Waals surface area contributed by atoms with Gasteiger partial charge in [-0.3, -0.25) is 19.4 Å². The number of carbonyl (C=O) groups is 2. The third kappa shape index (κ3) is 9.48. The molecule has 2 aromatic carbocycles. The van der Waals surface area contributed by atoms with Crippen molar-refractivity contribution in [2.45, 2.75) is 78.6 Å². The molecular formula is C39H38F5N3O4. The molecule has 0 spiro atoms. The molecule has 0 unspecified atom stereocenters. The van der Waals surface area contributed by atoms with E-state index < -0.39 is 59.3 Å². The molecule has 1 amide bonds. The maximum absolute atomic E-state index is 16.1. The number of carboxylic acids is 1. The second kappa shape index (κ2) is 16.1. The molecule has 0 radical (unpaired) electrons. The number of benzene rings is 2. The van der Waals surface area contributed by atoms with Crippen LogP contribution in [0.2, 0.25) is 0 Å². The minimum absolute atomic E-state index is 0.0143. The van der Waals surface area contributed by atoms with E-state index in [1.165, 1.54) is 37.4 Å². The van der Waals surface area contributed by atoms with Crippen LogP contribution < -0.4 is 10.9 Å². The van der Waals surface area contributed by atoms with E-state index in [1.807, 2.05) is 0 Å². The number of hydrogen-bond donors (Lipinski definition) is 2. The highest BCUT2D eigenvalue weighted by Crippen LogP contribution is 2.35. The first kappa shape index (κ1) is 38.5. The van der Waals surface area contributed by atoms with Crippen molar-refractivity contribution in [1.82, 2.24) is 14.9 Å². The SMILES string of the molecule is CC#Cc1cc(-c2c(C)cc(F)cc2C)cc([C@@H](CC(=O)O)NC(=O)[C@@H](CC(C)C)n2cc(CCc3ccccn3)c(C(F)(F)F)cc2=O)c1F. The molecule has 12 heteroatoms. The number of aryl methyl sites for hydroxylation is 4. The van der Waals surface area contributed by atoms with Crippen molar-refractivity contribution in [3.8, 4) is 23.0 Å². The molecule has 0 saturated heterocycles. The van der Waals surface area contributed by atoms with Crippen LogP contribution in [0.3, 0.4) is 0 Å². The molecule has 0 fully saturated rings. The highest BCUT2D eigenvalue weighted by molar-refractivity contribution is 5.82. The van der Waals surface area contributed by atoms with Crippen LogP contribution in [0.5, 0.6) is 0 Å². The van der Waals surface area contributed by atoms with Gasteiger partial charge in [0.15, 0.2) is 0 Å². The number of amides is 1. The Hall–Kier alpha value is -5.31. The maximum Gasteiger partial charge on any atom is 0.416 e. The Morgan fingerprint density at radius 1 is 1.02 bits per heavy atom. The zero-order valence-corrected chi connectivity index (χ0v) is 28.8. The summed E-state index contributed by atoms with van der Waals surface area (Å²) < 4.78 is 73.6. The third-order valence-electron chi connectivity index (χ3n) is 8.40. The lowest BCUT2D eigenvalue weighted by atomic mass is 9.90. The molecule has 2 atom stereocenters. The first-order chi connectivity index (χ1) is 24.0. The summed E-state index contributed by atoms with van der Waals surface area (Å²) in [6.07, 6.45) is -3.15. The summed E-state index contributed by atoms with van der Waals surface area (Å²) in [5, 5.41) is 12.4. The van der Waals surface area contributed by atoms with Gasteiger partial charge < -0.3 is 15.0 Å². The smallest absolute Gasteiger partial charge is 0.416 e. The van der Waals surface area contributed by atoms with Gasteiger partial charge in [0.2, 0.25) is 5.91 Å². The maximum atomic E-state index is 16.1. The number of nitrogens with zero attached hydrogens (tertiary/aromatic N) is 2. The molecule has 2 N–H and O–H groups in total. The molecule has 268 valence electrons. The number of halogens is 5. The number of aliphatic carboxylic acids is 1. The number of carbonyl (C=O) groups excluding carboxylic acids is 1. The molecule has 0 aliphatic carbocycles. The summed E-state index contributed by atoms with van der Waals surface area (Å²) >= 11 is 0. The fourth-order valence-electron chi connectivity index (χ4n) is 6.22. The number of pyridine rings is 2. The van der Waals surface area contributed by atoms with Crippen LogP contribution in [0, 0.1) is 43.2 Å². The molecule has 2 heterocycles. The van der Waals surface area contributed by atoms with Gasteiger partial charge in [-0.2, -0.15) is 13.2 Å². The van der Waals surface area contributed by atoms with Crippen LogP contribution >= 0.6 is 0 Å². The number of nitrogens with one attached hydrogen (secondary N) is 1. The van der Waals surface area contributed by atoms with Gasteiger partial charge in [0.25, 0.3) is 5.56 Å². The van der Waals surface area contributed by atoms with Crippen LogP contribution in [-0.4, -0.2) is 26.5 Å². The van der Waals surface area contributed by atoms with Gasteiger partial charge in [-0.15, -0.1) is 5.92 Å². The average molecular weight is 708 g/mol. The van der Waals surface area contributed by atoms with Gasteiger partial charge in [0, 0.05) is 29.7 Å². The quantitative estimate of drug-likeness (QED) is 0.115. The van der Waals surface area contributed by atoms with Gasteiger partial charge in [0.1, 0.15) is 17.7 Å². The molecule has 51 heavy (non-hydrogen) atoms. The zero-order chi connectivity index (χ0) is 37.6. The number of alkyl halides is 3. The number of hydrogen-bond acceptors (Lipinski definition) is 4. The number of rotatable bonds is 12. The zero-order valence-electron chi connectivity index (χ0n) is 28.8. The van der Waals surface area contributed by atoms with Crippen molar-refractivity contribution in [2.24, 2.45) is 5.92 Å². The predicted molar refractivity (Wildman–Crippen MR) is 183 cm³/mol. The molecule has 7 nitrogen and oxygen atoms in total. The molecule has 0 aliphatic rings. The van der Waals surface area contributed by atoms with Crippen LogP contribution in [-0.2, 0) is 28.6 Å². The first-order valence-electron chi connectivity index (χ1n) is 16.3. The average Bonchev–Trinajstić information content (AvgIpc) is 3.03. The van der Waals surface area contributed by atoms with Gasteiger partial charge in [-0.25, -0.2) is 8.78 Å². The van der Waals surface area contributed by atoms with Gasteiger partial charge in [-0.1, -0.05) is 25.8 Å². The first-order valence-corrected chi connectivity index (χ1v) is 16.3. The van der Waals surface area contributed by atoms with Gasteiger partial charge in [-0.05, 0) is 110 Å². The molecule has 0 saturated carbocycles.